The average molecular weight is 348 g/mol. The van der Waals surface area contributed by atoms with Crippen molar-refractivity contribution in [1.82, 2.24) is 15.1 Å². The van der Waals surface area contributed by atoms with Crippen LogP contribution in [0.15, 0.2) is 24.3 Å². The monoisotopic (exact) mass is 347 g/mol. The Balaban J connectivity index is 2.05. The van der Waals surface area contributed by atoms with Gasteiger partial charge in [0.15, 0.2) is 0 Å². The van der Waals surface area contributed by atoms with Crippen molar-refractivity contribution in [3.63, 3.8) is 0 Å². The van der Waals surface area contributed by atoms with Crippen molar-refractivity contribution in [1.29, 1.82) is 0 Å². The number of hydrogen-bond acceptors (Lipinski definition) is 3. The zero-order valence-electron chi connectivity index (χ0n) is 16.0. The second-order valence-electron chi connectivity index (χ2n) is 7.45. The van der Waals surface area contributed by atoms with Gasteiger partial charge < -0.3 is 15.3 Å². The lowest BCUT2D eigenvalue weighted by atomic mass is 10.0. The van der Waals surface area contributed by atoms with Crippen molar-refractivity contribution in [3.05, 3.63) is 35.4 Å². The minimum absolute atomic E-state index is 0.0548. The smallest absolute Gasteiger partial charge is 0.317 e. The molecule has 25 heavy (non-hydrogen) atoms. The number of nitrogens with zero attached hydrogens (tertiary/aromatic N) is 2. The van der Waals surface area contributed by atoms with Gasteiger partial charge in [0.25, 0.3) is 0 Å². The van der Waals surface area contributed by atoms with E-state index in [9.17, 15) is 9.90 Å². The largest absolute Gasteiger partial charge is 0.392 e. The molecule has 1 aliphatic rings. The predicted molar refractivity (Wildman–Crippen MR) is 102 cm³/mol. The molecule has 1 fully saturated rings. The van der Waals surface area contributed by atoms with Gasteiger partial charge in [0.1, 0.15) is 0 Å². The summed E-state index contributed by atoms with van der Waals surface area (Å²) in [6.07, 6.45) is 1.91. The number of benzene rings is 1. The molecule has 2 atom stereocenters. The number of nitrogens with one attached hydrogen (secondary N) is 1. The maximum Gasteiger partial charge on any atom is 0.317 e. The van der Waals surface area contributed by atoms with E-state index in [0.29, 0.717) is 13.1 Å². The van der Waals surface area contributed by atoms with Crippen LogP contribution in [0.5, 0.6) is 0 Å². The van der Waals surface area contributed by atoms with Gasteiger partial charge in [0.2, 0.25) is 0 Å². The lowest BCUT2D eigenvalue weighted by Gasteiger charge is -2.32. The third kappa shape index (κ3) is 5.72. The van der Waals surface area contributed by atoms with Gasteiger partial charge in [-0.15, -0.1) is 0 Å². The topological polar surface area (TPSA) is 55.8 Å². The number of carbonyl (C=O) groups excluding carboxylic acids is 1. The molecule has 2 rings (SSSR count). The lowest BCUT2D eigenvalue weighted by molar-refractivity contribution is 0.117. The number of aryl methyl sites for hydroxylation is 1. The summed E-state index contributed by atoms with van der Waals surface area (Å²) in [5, 5.41) is 12.7. The highest BCUT2D eigenvalue weighted by atomic mass is 16.3. The van der Waals surface area contributed by atoms with Crippen molar-refractivity contribution < 1.29 is 9.90 Å². The third-order valence-corrected chi connectivity index (χ3v) is 4.84. The van der Waals surface area contributed by atoms with Crippen molar-refractivity contribution >= 4 is 6.03 Å². The number of urea groups is 1. The van der Waals surface area contributed by atoms with Crippen molar-refractivity contribution in [2.24, 2.45) is 0 Å². The van der Waals surface area contributed by atoms with Gasteiger partial charge in [-0.3, -0.25) is 4.90 Å². The van der Waals surface area contributed by atoms with Crippen LogP contribution in [0.25, 0.3) is 0 Å². The molecule has 0 bridgehead atoms. The van der Waals surface area contributed by atoms with Gasteiger partial charge in [-0.25, -0.2) is 4.79 Å². The molecule has 1 saturated heterocycles. The maximum absolute atomic E-state index is 12.6. The lowest BCUT2D eigenvalue weighted by Crippen LogP contribution is -2.48. The number of aliphatic hydroxyl groups excluding tert-OH is 1. The number of likely N-dealkylation sites (tertiary alicyclic amines) is 1. The van der Waals surface area contributed by atoms with E-state index in [1.54, 1.807) is 11.8 Å². The van der Waals surface area contributed by atoms with E-state index in [-0.39, 0.29) is 18.1 Å². The van der Waals surface area contributed by atoms with E-state index in [1.165, 1.54) is 24.0 Å². The van der Waals surface area contributed by atoms with E-state index in [1.807, 2.05) is 13.8 Å². The molecule has 2 unspecified atom stereocenters. The fraction of sp³-hybridized carbons (Fsp3) is 0.650. The Hall–Kier alpha value is -1.59. The highest BCUT2D eigenvalue weighted by Crippen LogP contribution is 2.25. The van der Waals surface area contributed by atoms with Crippen LogP contribution >= 0.6 is 0 Å². The van der Waals surface area contributed by atoms with Crippen LogP contribution in [0.1, 0.15) is 50.8 Å². The van der Waals surface area contributed by atoms with Crippen LogP contribution in [-0.2, 0) is 0 Å². The Bertz CT molecular complexity index is 536. The van der Waals surface area contributed by atoms with Crippen molar-refractivity contribution in [2.45, 2.75) is 58.7 Å². The molecule has 0 radical (unpaired) electrons. The van der Waals surface area contributed by atoms with Gasteiger partial charge in [-0.05, 0) is 59.2 Å². The summed E-state index contributed by atoms with van der Waals surface area (Å²) in [7, 11) is 0. The van der Waals surface area contributed by atoms with Crippen LogP contribution in [0, 0.1) is 6.92 Å². The number of aliphatic hydroxyl groups is 1. The Morgan fingerprint density at radius 2 is 1.80 bits per heavy atom. The minimum Gasteiger partial charge on any atom is -0.392 e. The minimum atomic E-state index is -0.528. The van der Waals surface area contributed by atoms with Crippen molar-refractivity contribution in [2.75, 3.05) is 26.2 Å². The Morgan fingerprint density at radius 1 is 1.20 bits per heavy atom. The molecule has 5 nitrogen and oxygen atoms in total. The molecule has 1 aromatic carbocycles. The number of hydrogen-bond donors (Lipinski definition) is 2. The summed E-state index contributed by atoms with van der Waals surface area (Å²) in [6.45, 7) is 10.8. The Kier molecular flexibility index (Phi) is 7.26. The van der Waals surface area contributed by atoms with Gasteiger partial charge in [0.05, 0.1) is 12.1 Å². The van der Waals surface area contributed by atoms with Gasteiger partial charge in [-0.1, -0.05) is 29.8 Å². The molecule has 140 valence electrons. The summed E-state index contributed by atoms with van der Waals surface area (Å²) < 4.78 is 0. The van der Waals surface area contributed by atoms with Crippen LogP contribution in [-0.4, -0.2) is 59.3 Å². The second kappa shape index (κ2) is 9.20. The van der Waals surface area contributed by atoms with Crippen molar-refractivity contribution in [3.8, 4) is 0 Å². The first-order chi connectivity index (χ1) is 11.9. The highest BCUT2D eigenvalue weighted by molar-refractivity contribution is 5.74. The van der Waals surface area contributed by atoms with E-state index in [2.05, 4.69) is 41.4 Å². The molecule has 0 saturated carbocycles. The zero-order valence-corrected chi connectivity index (χ0v) is 16.0. The van der Waals surface area contributed by atoms with E-state index < -0.39 is 6.10 Å². The molecular formula is C20H33N3O2. The fourth-order valence-corrected chi connectivity index (χ4v) is 3.40. The molecule has 0 spiro atoms. The first-order valence-corrected chi connectivity index (χ1v) is 9.41. The third-order valence-electron chi connectivity index (χ3n) is 4.84. The highest BCUT2D eigenvalue weighted by Gasteiger charge is 2.25. The van der Waals surface area contributed by atoms with Crippen LogP contribution in [0.2, 0.25) is 0 Å². The maximum atomic E-state index is 12.6. The SMILES string of the molecule is Cc1ccc(C(CNC(=O)N(CC(C)O)C(C)C)N2CCCC2)cc1. The molecule has 2 N–H and O–H groups in total. The average Bonchev–Trinajstić information content (AvgIpc) is 3.08. The second-order valence-corrected chi connectivity index (χ2v) is 7.45. The van der Waals surface area contributed by atoms with E-state index in [4.69, 9.17) is 0 Å². The summed E-state index contributed by atoms with van der Waals surface area (Å²) in [4.78, 5) is 16.8. The first-order valence-electron chi connectivity index (χ1n) is 9.41. The number of carbonyl (C=O) groups is 1. The molecular weight excluding hydrogens is 314 g/mol. The summed E-state index contributed by atoms with van der Waals surface area (Å²) in [6, 6.07) is 8.75. The van der Waals surface area contributed by atoms with E-state index in [0.717, 1.165) is 13.1 Å². The number of rotatable bonds is 7. The summed E-state index contributed by atoms with van der Waals surface area (Å²) in [5.41, 5.74) is 2.50. The summed E-state index contributed by atoms with van der Waals surface area (Å²) in [5.74, 6) is 0. The number of amides is 2. The standard InChI is InChI=1S/C20H33N3O2/c1-15(2)23(14-17(4)24)20(25)21-13-19(22-11-5-6-12-22)18-9-7-16(3)8-10-18/h7-10,15,17,19,24H,5-6,11-14H2,1-4H3,(H,21,25). The quantitative estimate of drug-likeness (QED) is 0.797. The summed E-state index contributed by atoms with van der Waals surface area (Å²) >= 11 is 0. The molecule has 2 amide bonds. The zero-order chi connectivity index (χ0) is 18.4. The van der Waals surface area contributed by atoms with E-state index >= 15 is 0 Å². The first kappa shape index (κ1) is 19.7. The predicted octanol–water partition coefficient (Wildman–Crippen LogP) is 2.93. The molecule has 5 heteroatoms. The molecule has 1 aromatic rings. The molecule has 0 aromatic heterocycles. The molecule has 1 heterocycles. The van der Waals surface area contributed by atoms with Gasteiger partial charge in [-0.2, -0.15) is 0 Å². The van der Waals surface area contributed by atoms with Crippen LogP contribution in [0.4, 0.5) is 4.79 Å². The molecule has 1 aliphatic heterocycles. The Morgan fingerprint density at radius 3 is 2.32 bits per heavy atom. The normalized spacial score (nSPS) is 17.5. The molecule has 0 aliphatic carbocycles. The van der Waals surface area contributed by atoms with Crippen LogP contribution < -0.4 is 5.32 Å². The van der Waals surface area contributed by atoms with Crippen LogP contribution in [0.3, 0.4) is 0 Å². The van der Waals surface area contributed by atoms with Gasteiger partial charge in [0, 0.05) is 19.1 Å². The fourth-order valence-electron chi connectivity index (χ4n) is 3.40. The Labute approximate surface area is 152 Å². The van der Waals surface area contributed by atoms with Gasteiger partial charge >= 0.3 is 6.03 Å².